The van der Waals surface area contributed by atoms with Crippen molar-refractivity contribution in [1.29, 1.82) is 0 Å². The number of carboxylic acids is 1. The Bertz CT molecular complexity index is 1210. The Morgan fingerprint density at radius 3 is 2.49 bits per heavy atom. The molecule has 1 atom stereocenters. The third kappa shape index (κ3) is 8.11. The Kier molecular flexibility index (Phi) is 10.2. The first kappa shape index (κ1) is 27.3. The summed E-state index contributed by atoms with van der Waals surface area (Å²) in [5, 5.41) is 23.4. The van der Waals surface area contributed by atoms with Crippen LogP contribution in [0.1, 0.15) is 12.0 Å². The van der Waals surface area contributed by atoms with E-state index in [0.717, 1.165) is 29.1 Å². The molecule has 2 N–H and O–H groups in total. The molecule has 184 valence electrons. The normalized spacial score (nSPS) is 11.7. The molecule has 1 unspecified atom stereocenters. The Morgan fingerprint density at radius 2 is 1.77 bits per heavy atom. The predicted molar refractivity (Wildman–Crippen MR) is 136 cm³/mol. The molecule has 0 fully saturated rings. The molecule has 14 heteroatoms. The maximum absolute atomic E-state index is 12.9. The summed E-state index contributed by atoms with van der Waals surface area (Å²) in [5.41, 5.74) is 1.06. The molecule has 0 aliphatic carbocycles. The molecular formula is C21H18Cl3N5O4S2. The van der Waals surface area contributed by atoms with Crippen LogP contribution in [0.4, 0.5) is 4.79 Å². The van der Waals surface area contributed by atoms with Crippen LogP contribution in [0, 0.1) is 0 Å². The molecule has 1 aromatic heterocycles. The lowest BCUT2D eigenvalue weighted by atomic mass is 10.1. The number of hydrogen-bond acceptors (Lipinski definition) is 8. The van der Waals surface area contributed by atoms with Gasteiger partial charge in [0.15, 0.2) is 5.78 Å². The fourth-order valence-corrected chi connectivity index (χ4v) is 5.23. The van der Waals surface area contributed by atoms with Crippen LogP contribution in [0.5, 0.6) is 0 Å². The second kappa shape index (κ2) is 13.1. The van der Waals surface area contributed by atoms with E-state index in [0.29, 0.717) is 22.1 Å². The minimum atomic E-state index is -1.26. The fraction of sp³-hybridized carbons (Fsp3) is 0.238. The minimum Gasteiger partial charge on any atom is -0.481 e. The molecular weight excluding hydrogens is 557 g/mol. The molecule has 0 aliphatic heterocycles. The van der Waals surface area contributed by atoms with E-state index in [9.17, 15) is 19.5 Å². The van der Waals surface area contributed by atoms with Gasteiger partial charge < -0.3 is 10.4 Å². The Morgan fingerprint density at radius 1 is 1.06 bits per heavy atom. The fourth-order valence-electron chi connectivity index (χ4n) is 2.83. The van der Waals surface area contributed by atoms with E-state index in [2.05, 4.69) is 20.8 Å². The number of tetrazole rings is 1. The molecule has 0 radical (unpaired) electrons. The van der Waals surface area contributed by atoms with Gasteiger partial charge in [-0.15, -0.1) is 5.10 Å². The Balaban J connectivity index is 1.64. The zero-order chi connectivity index (χ0) is 25.4. The number of carbonyl (C=O) groups excluding carboxylic acids is 2. The molecule has 0 saturated carbocycles. The quantitative estimate of drug-likeness (QED) is 0.308. The first-order valence-corrected chi connectivity index (χ1v) is 13.0. The third-order valence-corrected chi connectivity index (χ3v) is 7.76. The number of aromatic nitrogens is 4. The number of carbonyl (C=O) groups is 3. The van der Waals surface area contributed by atoms with Crippen LogP contribution in [0.3, 0.4) is 0 Å². The van der Waals surface area contributed by atoms with Gasteiger partial charge in [0.2, 0.25) is 5.16 Å². The number of ketones is 1. The highest BCUT2D eigenvalue weighted by Gasteiger charge is 2.26. The Labute approximate surface area is 223 Å². The van der Waals surface area contributed by atoms with Crippen molar-refractivity contribution in [3.63, 3.8) is 0 Å². The number of hydrogen-bond donors (Lipinski definition) is 2. The van der Waals surface area contributed by atoms with Crippen LogP contribution < -0.4 is 5.32 Å². The summed E-state index contributed by atoms with van der Waals surface area (Å²) in [4.78, 5) is 37.0. The Hall–Kier alpha value is -2.31. The number of rotatable bonds is 11. The summed E-state index contributed by atoms with van der Waals surface area (Å²) < 4.78 is 1.17. The van der Waals surface area contributed by atoms with Gasteiger partial charge in [0.05, 0.1) is 26.4 Å². The monoisotopic (exact) mass is 573 g/mol. The van der Waals surface area contributed by atoms with Crippen molar-refractivity contribution in [2.75, 3.05) is 5.75 Å². The molecule has 0 spiro atoms. The van der Waals surface area contributed by atoms with E-state index in [1.54, 1.807) is 12.1 Å². The van der Waals surface area contributed by atoms with Crippen LogP contribution in [-0.4, -0.2) is 54.1 Å². The van der Waals surface area contributed by atoms with E-state index in [1.165, 1.54) is 4.68 Å². The van der Waals surface area contributed by atoms with E-state index in [1.807, 2.05) is 30.3 Å². The molecule has 2 aromatic carbocycles. The first-order valence-electron chi connectivity index (χ1n) is 10.0. The predicted octanol–water partition coefficient (Wildman–Crippen LogP) is 4.88. The lowest BCUT2D eigenvalue weighted by Crippen LogP contribution is -2.42. The number of carboxylic acid groups (broad SMARTS) is 1. The van der Waals surface area contributed by atoms with Gasteiger partial charge in [-0.3, -0.25) is 14.4 Å². The van der Waals surface area contributed by atoms with Crippen LogP contribution in [0.15, 0.2) is 52.5 Å². The molecule has 3 aromatic rings. The number of aryl methyl sites for hydroxylation is 1. The average molecular weight is 575 g/mol. The smallest absolute Gasteiger partial charge is 0.305 e. The summed E-state index contributed by atoms with van der Waals surface area (Å²) in [6.45, 7) is -0.377. The van der Waals surface area contributed by atoms with Gasteiger partial charge in [0, 0.05) is 5.75 Å². The number of nitrogens with one attached hydrogen (secondary N) is 1. The van der Waals surface area contributed by atoms with Crippen molar-refractivity contribution in [1.82, 2.24) is 25.5 Å². The molecule has 0 bridgehead atoms. The zero-order valence-corrected chi connectivity index (χ0v) is 21.8. The van der Waals surface area contributed by atoms with Gasteiger partial charge in [0.1, 0.15) is 12.6 Å². The third-order valence-electron chi connectivity index (χ3n) is 4.53. The van der Waals surface area contributed by atoms with Crippen molar-refractivity contribution in [2.45, 2.75) is 35.5 Å². The van der Waals surface area contributed by atoms with E-state index < -0.39 is 29.5 Å². The number of thioether (sulfide) groups is 1. The van der Waals surface area contributed by atoms with Gasteiger partial charge in [-0.1, -0.05) is 76.9 Å². The summed E-state index contributed by atoms with van der Waals surface area (Å²) in [6.07, 6.45) is 0.0661. The highest BCUT2D eigenvalue weighted by molar-refractivity contribution is 8.13. The van der Waals surface area contributed by atoms with Crippen molar-refractivity contribution in [3.8, 4) is 0 Å². The van der Waals surface area contributed by atoms with E-state index in [4.69, 9.17) is 34.8 Å². The van der Waals surface area contributed by atoms with Gasteiger partial charge in [-0.2, -0.15) is 0 Å². The first-order chi connectivity index (χ1) is 16.7. The molecule has 1 amide bonds. The molecule has 0 saturated heterocycles. The van der Waals surface area contributed by atoms with Gasteiger partial charge >= 0.3 is 5.97 Å². The molecule has 35 heavy (non-hydrogen) atoms. The molecule has 0 aliphatic rings. The van der Waals surface area contributed by atoms with Crippen LogP contribution in [0.25, 0.3) is 0 Å². The van der Waals surface area contributed by atoms with E-state index in [-0.39, 0.29) is 21.7 Å². The van der Waals surface area contributed by atoms with Gasteiger partial charge in [0.25, 0.3) is 5.24 Å². The van der Waals surface area contributed by atoms with Crippen molar-refractivity contribution < 1.29 is 19.5 Å². The highest BCUT2D eigenvalue weighted by Crippen LogP contribution is 2.41. The second-order valence-corrected chi connectivity index (χ2v) is 10.3. The van der Waals surface area contributed by atoms with Gasteiger partial charge in [-0.25, -0.2) is 4.68 Å². The summed E-state index contributed by atoms with van der Waals surface area (Å²) in [6, 6.07) is 11.4. The largest absolute Gasteiger partial charge is 0.481 e. The lowest BCUT2D eigenvalue weighted by molar-refractivity contribution is -0.139. The summed E-state index contributed by atoms with van der Waals surface area (Å²) >= 11 is 20.4. The number of Topliss-reactive ketones (excluding diaryl/α,β-unsaturated/α-hetero) is 1. The lowest BCUT2D eigenvalue weighted by Gasteiger charge is -2.16. The topological polar surface area (TPSA) is 127 Å². The number of aliphatic carboxylic acids is 1. The average Bonchev–Trinajstić information content (AvgIpc) is 3.25. The zero-order valence-electron chi connectivity index (χ0n) is 17.9. The molecule has 9 nitrogen and oxygen atoms in total. The minimum absolute atomic E-state index is 0.182. The van der Waals surface area contributed by atoms with Crippen molar-refractivity contribution in [3.05, 3.63) is 63.1 Å². The highest BCUT2D eigenvalue weighted by atomic mass is 35.5. The maximum atomic E-state index is 12.9. The maximum Gasteiger partial charge on any atom is 0.305 e. The number of nitrogens with zero attached hydrogens (tertiary/aromatic N) is 4. The van der Waals surface area contributed by atoms with E-state index >= 15 is 0 Å². The standard InChI is InChI=1S/C21H18Cl3N5O4S2/c22-13-6-7-14(23)19(18(13)24)35-20-26-27-28-29(20)11-16(30)15(10-17(31)32)25-21(33)34-9-8-12-4-2-1-3-5-12/h1-7,15H,8-11H2,(H,25,33)(H,31,32). The van der Waals surface area contributed by atoms with Crippen LogP contribution in [-0.2, 0) is 22.6 Å². The van der Waals surface area contributed by atoms with Crippen LogP contribution >= 0.6 is 58.3 Å². The number of halogens is 3. The summed E-state index contributed by atoms with van der Waals surface area (Å²) in [5.74, 6) is -1.35. The summed E-state index contributed by atoms with van der Waals surface area (Å²) in [7, 11) is 0. The molecule has 3 rings (SSSR count). The number of amides is 1. The SMILES string of the molecule is O=C(O)CC(NC(=O)SCCc1ccccc1)C(=O)Cn1nnnc1Sc1c(Cl)ccc(Cl)c1Cl. The van der Waals surface area contributed by atoms with Crippen molar-refractivity contribution >= 4 is 75.3 Å². The van der Waals surface area contributed by atoms with Crippen LogP contribution in [0.2, 0.25) is 15.1 Å². The van der Waals surface area contributed by atoms with Gasteiger partial charge in [-0.05, 0) is 46.3 Å². The second-order valence-electron chi connectivity index (χ2n) is 7.03. The molecule has 1 heterocycles. The van der Waals surface area contributed by atoms with Crippen molar-refractivity contribution in [2.24, 2.45) is 0 Å². The number of benzene rings is 2.